The quantitative estimate of drug-likeness (QED) is 0.303. The molecule has 178 valence electrons. The summed E-state index contributed by atoms with van der Waals surface area (Å²) in [6.45, 7) is 7.87. The van der Waals surface area contributed by atoms with Crippen LogP contribution in [0.1, 0.15) is 41.6 Å². The van der Waals surface area contributed by atoms with Crippen molar-refractivity contribution in [1.82, 2.24) is 10.2 Å². The predicted octanol–water partition coefficient (Wildman–Crippen LogP) is 5.63. The number of carbonyl (C=O) groups excluding carboxylic acids is 1. The molecule has 0 aliphatic carbocycles. The summed E-state index contributed by atoms with van der Waals surface area (Å²) in [6, 6.07) is 15.7. The van der Waals surface area contributed by atoms with Gasteiger partial charge in [-0.1, -0.05) is 55.5 Å². The van der Waals surface area contributed by atoms with Gasteiger partial charge in [-0.3, -0.25) is 4.79 Å². The number of nitrogens with zero attached hydrogens (tertiary/aromatic N) is 1. The maximum atomic E-state index is 12.6. The number of carbonyl (C=O) groups is 1. The molecule has 1 fully saturated rings. The van der Waals surface area contributed by atoms with Gasteiger partial charge in [-0.15, -0.1) is 0 Å². The molecule has 1 aliphatic heterocycles. The summed E-state index contributed by atoms with van der Waals surface area (Å²) >= 11 is 0. The van der Waals surface area contributed by atoms with Crippen molar-refractivity contribution in [3.63, 3.8) is 0 Å². The van der Waals surface area contributed by atoms with Crippen molar-refractivity contribution in [3.05, 3.63) is 102 Å². The predicted molar refractivity (Wildman–Crippen MR) is 144 cm³/mol. The molecule has 2 aromatic carbocycles. The maximum absolute atomic E-state index is 12.6. The summed E-state index contributed by atoms with van der Waals surface area (Å²) in [6.07, 6.45) is 15.9. The van der Waals surface area contributed by atoms with E-state index in [0.717, 1.165) is 35.5 Å². The Balaban J connectivity index is 1.55. The second-order valence-corrected chi connectivity index (χ2v) is 8.44. The number of hydrogen-bond donors (Lipinski definition) is 3. The average Bonchev–Trinajstić information content (AvgIpc) is 2.86. The van der Waals surface area contributed by atoms with Gasteiger partial charge in [-0.25, -0.2) is 0 Å². The van der Waals surface area contributed by atoms with Crippen molar-refractivity contribution in [2.45, 2.75) is 25.7 Å². The largest absolute Gasteiger partial charge is 0.405 e. The molecule has 5 nitrogen and oxygen atoms in total. The van der Waals surface area contributed by atoms with Gasteiger partial charge in [0.05, 0.1) is 0 Å². The fraction of sp³-hybridized carbons (Fsp3) is 0.276. The fourth-order valence-corrected chi connectivity index (χ4v) is 4.02. The highest BCUT2D eigenvalue weighted by Gasteiger charge is 2.10. The standard InChI is InChI=1S/C29H36N4O/c1-2-9-24(16-17-30)14-15-25-10-6-12-27(22-25)32-28-13-7-11-26(23-28)29(34)31-18-8-21-33-19-4-3-5-20-33/h2,6-7,9-17,22-23,32H,1,3-5,8,18-21,30H2,(H,31,34)/b15-14+,17-16-,24-9-. The molecule has 1 amide bonds. The molecular formula is C29H36N4O. The van der Waals surface area contributed by atoms with Gasteiger partial charge in [0.15, 0.2) is 0 Å². The van der Waals surface area contributed by atoms with Crippen LogP contribution >= 0.6 is 0 Å². The minimum atomic E-state index is -0.0338. The molecule has 0 unspecified atom stereocenters. The van der Waals surface area contributed by atoms with Crippen LogP contribution in [0.2, 0.25) is 0 Å². The first kappa shape index (κ1) is 25.1. The Hall–Kier alpha value is -3.57. The van der Waals surface area contributed by atoms with E-state index in [-0.39, 0.29) is 5.91 Å². The van der Waals surface area contributed by atoms with Crippen LogP contribution in [0, 0.1) is 0 Å². The van der Waals surface area contributed by atoms with Crippen LogP contribution in [0.25, 0.3) is 6.08 Å². The van der Waals surface area contributed by atoms with Gasteiger partial charge < -0.3 is 21.3 Å². The van der Waals surface area contributed by atoms with Crippen molar-refractivity contribution in [1.29, 1.82) is 0 Å². The molecular weight excluding hydrogens is 420 g/mol. The van der Waals surface area contributed by atoms with E-state index >= 15 is 0 Å². The van der Waals surface area contributed by atoms with Gasteiger partial charge in [0.2, 0.25) is 0 Å². The third kappa shape index (κ3) is 8.41. The maximum Gasteiger partial charge on any atom is 0.251 e. The lowest BCUT2D eigenvalue weighted by Crippen LogP contribution is -2.33. The van der Waals surface area contributed by atoms with Gasteiger partial charge in [0.25, 0.3) is 5.91 Å². The van der Waals surface area contributed by atoms with E-state index in [1.807, 2.05) is 66.8 Å². The van der Waals surface area contributed by atoms with Crippen LogP contribution in [-0.4, -0.2) is 37.0 Å². The summed E-state index contributed by atoms with van der Waals surface area (Å²) in [7, 11) is 0. The van der Waals surface area contributed by atoms with E-state index in [9.17, 15) is 4.79 Å². The SMILES string of the molecule is C=C/C=C(\C=C/N)/C=C/c1cccc(Nc2cccc(C(=O)NCCCN3CCCCC3)c2)c1. The fourth-order valence-electron chi connectivity index (χ4n) is 4.02. The van der Waals surface area contributed by atoms with Crippen LogP contribution < -0.4 is 16.4 Å². The highest BCUT2D eigenvalue weighted by atomic mass is 16.1. The molecule has 4 N–H and O–H groups in total. The second-order valence-electron chi connectivity index (χ2n) is 8.44. The molecule has 3 rings (SSSR count). The molecule has 1 aliphatic rings. The molecule has 0 saturated carbocycles. The van der Waals surface area contributed by atoms with Gasteiger partial charge >= 0.3 is 0 Å². The van der Waals surface area contributed by atoms with Crippen LogP contribution in [0.5, 0.6) is 0 Å². The van der Waals surface area contributed by atoms with Crippen LogP contribution in [0.4, 0.5) is 11.4 Å². The molecule has 1 saturated heterocycles. The lowest BCUT2D eigenvalue weighted by atomic mass is 10.1. The number of nitrogens with two attached hydrogens (primary N) is 1. The van der Waals surface area contributed by atoms with Gasteiger partial charge in [0, 0.05) is 23.5 Å². The van der Waals surface area contributed by atoms with Crippen molar-refractivity contribution < 1.29 is 4.79 Å². The average molecular weight is 457 g/mol. The Kier molecular flexibility index (Phi) is 10.2. The monoisotopic (exact) mass is 456 g/mol. The third-order valence-corrected chi connectivity index (χ3v) is 5.75. The Bertz CT molecular complexity index is 1030. The van der Waals surface area contributed by atoms with Crippen LogP contribution in [0.3, 0.4) is 0 Å². The number of anilines is 2. The summed E-state index contributed by atoms with van der Waals surface area (Å²) < 4.78 is 0. The van der Waals surface area contributed by atoms with E-state index in [4.69, 9.17) is 5.73 Å². The van der Waals surface area contributed by atoms with Crippen molar-refractivity contribution in [3.8, 4) is 0 Å². The summed E-state index contributed by atoms with van der Waals surface area (Å²) in [5.74, 6) is -0.0338. The van der Waals surface area contributed by atoms with Crippen molar-refractivity contribution in [2.24, 2.45) is 5.73 Å². The van der Waals surface area contributed by atoms with E-state index in [0.29, 0.717) is 12.1 Å². The molecule has 0 radical (unpaired) electrons. The highest BCUT2D eigenvalue weighted by molar-refractivity contribution is 5.95. The Morgan fingerprint density at radius 1 is 1.03 bits per heavy atom. The number of amides is 1. The number of hydrogen-bond acceptors (Lipinski definition) is 4. The summed E-state index contributed by atoms with van der Waals surface area (Å²) in [5.41, 5.74) is 10.0. The minimum Gasteiger partial charge on any atom is -0.405 e. The van der Waals surface area contributed by atoms with E-state index in [1.54, 1.807) is 6.08 Å². The summed E-state index contributed by atoms with van der Waals surface area (Å²) in [4.78, 5) is 15.1. The molecule has 0 bridgehead atoms. The Morgan fingerprint density at radius 2 is 1.79 bits per heavy atom. The first-order chi connectivity index (χ1) is 16.7. The first-order valence-corrected chi connectivity index (χ1v) is 12.0. The smallest absolute Gasteiger partial charge is 0.251 e. The first-order valence-electron chi connectivity index (χ1n) is 12.0. The Labute approximate surface area is 203 Å². The van der Waals surface area contributed by atoms with E-state index < -0.39 is 0 Å². The van der Waals surface area contributed by atoms with E-state index in [1.165, 1.54) is 38.6 Å². The molecule has 2 aromatic rings. The number of allylic oxidation sites excluding steroid dienone is 5. The molecule has 34 heavy (non-hydrogen) atoms. The highest BCUT2D eigenvalue weighted by Crippen LogP contribution is 2.20. The zero-order chi connectivity index (χ0) is 24.0. The molecule has 5 heteroatoms. The third-order valence-electron chi connectivity index (χ3n) is 5.75. The molecule has 1 heterocycles. The number of likely N-dealkylation sites (tertiary alicyclic amines) is 1. The second kappa shape index (κ2) is 13.9. The zero-order valence-electron chi connectivity index (χ0n) is 19.9. The topological polar surface area (TPSA) is 70.4 Å². The lowest BCUT2D eigenvalue weighted by Gasteiger charge is -2.26. The molecule has 0 spiro atoms. The molecule has 0 aromatic heterocycles. The number of piperidine rings is 1. The van der Waals surface area contributed by atoms with Crippen molar-refractivity contribution >= 4 is 23.4 Å². The van der Waals surface area contributed by atoms with Crippen LogP contribution in [-0.2, 0) is 0 Å². The van der Waals surface area contributed by atoms with Crippen molar-refractivity contribution in [2.75, 3.05) is 31.5 Å². The van der Waals surface area contributed by atoms with Gasteiger partial charge in [0.1, 0.15) is 0 Å². The zero-order valence-corrected chi connectivity index (χ0v) is 19.9. The number of rotatable bonds is 11. The lowest BCUT2D eigenvalue weighted by molar-refractivity contribution is 0.0951. The normalized spacial score (nSPS) is 15.0. The Morgan fingerprint density at radius 3 is 2.56 bits per heavy atom. The molecule has 0 atom stereocenters. The number of benzene rings is 2. The summed E-state index contributed by atoms with van der Waals surface area (Å²) in [5, 5.41) is 6.46. The number of nitrogens with one attached hydrogen (secondary N) is 2. The minimum absolute atomic E-state index is 0.0338. The van der Waals surface area contributed by atoms with Gasteiger partial charge in [-0.2, -0.15) is 0 Å². The van der Waals surface area contributed by atoms with Gasteiger partial charge in [-0.05, 0) is 92.6 Å². The van der Waals surface area contributed by atoms with Crippen LogP contribution in [0.15, 0.2) is 91.2 Å². The van der Waals surface area contributed by atoms with E-state index in [2.05, 4.69) is 28.2 Å².